The number of imidazole rings is 1. The predicted octanol–water partition coefficient (Wildman–Crippen LogP) is 10.7. The summed E-state index contributed by atoms with van der Waals surface area (Å²) in [6.45, 7) is 0. The molecule has 6 nitrogen and oxygen atoms in total. The van der Waals surface area contributed by atoms with Crippen molar-refractivity contribution in [1.82, 2.24) is 19.1 Å². The van der Waals surface area contributed by atoms with E-state index in [1.165, 1.54) is 6.20 Å². The fraction of sp³-hybridized carbons (Fsp3) is 0. The molecule has 0 aliphatic rings. The van der Waals surface area contributed by atoms with E-state index in [0.717, 1.165) is 32.8 Å². The standard InChI is InChI=1S/C47H31N5O/c1-3-13-33(14-4-1)40-31-48-28-27-42(40)51-32-50(44-22-9-10-23-45(44)51)35-17-11-18-36(29-35)53-37-25-26-39-38-19-7-8-21-43(38)52(46(39)30-37)47-24-12-20-41(49-47)34-15-5-2-6-16-34/h1-31H/i1D,2D,3D,4D,5D,6D,13D,14D,15D,16D. The Morgan fingerprint density at radius 2 is 1.36 bits per heavy atom. The summed E-state index contributed by atoms with van der Waals surface area (Å²) in [4.78, 5) is 9.14. The van der Waals surface area contributed by atoms with Crippen molar-refractivity contribution >= 4 is 32.8 Å². The lowest BCUT2D eigenvalue weighted by Gasteiger charge is -2.11. The van der Waals surface area contributed by atoms with E-state index in [1.807, 2.05) is 106 Å². The number of ether oxygens (including phenoxy) is 1. The molecule has 0 amide bonds. The first-order chi connectivity index (χ1) is 30.4. The highest BCUT2D eigenvalue weighted by Gasteiger charge is 2.17. The Bertz CT molecular complexity index is 3470. The molecular weight excluding hydrogens is 651 g/mol. The van der Waals surface area contributed by atoms with Gasteiger partial charge in [-0.3, -0.25) is 18.7 Å². The Kier molecular flexibility index (Phi) is 5.26. The van der Waals surface area contributed by atoms with Crippen LogP contribution in [0.3, 0.4) is 0 Å². The normalized spacial score (nSPS) is 14.0. The highest BCUT2D eigenvalue weighted by atomic mass is 16.5. The molecule has 0 aliphatic carbocycles. The highest BCUT2D eigenvalue weighted by Crippen LogP contribution is 2.36. The van der Waals surface area contributed by atoms with Gasteiger partial charge in [-0.2, -0.15) is 0 Å². The molecule has 4 heterocycles. The van der Waals surface area contributed by atoms with Crippen LogP contribution in [-0.2, 0) is 0 Å². The molecule has 10 rings (SSSR count). The number of para-hydroxylation sites is 3. The third-order valence-electron chi connectivity index (χ3n) is 9.05. The summed E-state index contributed by atoms with van der Waals surface area (Å²) >= 11 is 0. The van der Waals surface area contributed by atoms with E-state index in [4.69, 9.17) is 23.4 Å². The maximum atomic E-state index is 8.68. The molecule has 0 aliphatic heterocycles. The van der Waals surface area contributed by atoms with Crippen LogP contribution in [0.4, 0.5) is 0 Å². The quantitative estimate of drug-likeness (QED) is 0.123. The average molecular weight is 692 g/mol. The fourth-order valence-corrected chi connectivity index (χ4v) is 6.74. The molecule has 250 valence electrons. The maximum absolute atomic E-state index is 8.68. The minimum Gasteiger partial charge on any atom is -0.458 e. The lowest BCUT2D eigenvalue weighted by atomic mass is 10.1. The first-order valence-electron chi connectivity index (χ1n) is 21.8. The topological polar surface area (TPSA) is 48.8 Å². The van der Waals surface area contributed by atoms with Gasteiger partial charge in [-0.1, -0.05) is 115 Å². The summed E-state index contributed by atoms with van der Waals surface area (Å²) in [6, 6.07) is 31.7. The first-order valence-corrected chi connectivity index (χ1v) is 16.8. The van der Waals surface area contributed by atoms with Crippen LogP contribution < -0.4 is 9.30 Å². The van der Waals surface area contributed by atoms with Crippen LogP contribution in [0.2, 0.25) is 0 Å². The number of pyridine rings is 2. The van der Waals surface area contributed by atoms with Crippen molar-refractivity contribution in [2.75, 3.05) is 0 Å². The Morgan fingerprint density at radius 1 is 0.623 bits per heavy atom. The molecule has 0 unspecified atom stereocenters. The zero-order chi connectivity index (χ0) is 43.8. The van der Waals surface area contributed by atoms with Crippen molar-refractivity contribution in [1.29, 1.82) is 0 Å². The molecule has 0 saturated heterocycles. The molecule has 6 aromatic carbocycles. The zero-order valence-corrected chi connectivity index (χ0v) is 27.8. The van der Waals surface area contributed by atoms with E-state index in [2.05, 4.69) is 11.3 Å². The van der Waals surface area contributed by atoms with Crippen LogP contribution in [0.5, 0.6) is 11.5 Å². The summed E-state index contributed by atoms with van der Waals surface area (Å²) in [5.41, 5.74) is 5.01. The number of hydrogen-bond acceptors (Lipinski definition) is 3. The summed E-state index contributed by atoms with van der Waals surface area (Å²) in [5, 5.41) is 1.89. The SMILES string of the molecule is [2H]c1c([2H])c([2H])c(-c2cccc(-n3c4ccccc4c4ccc(Oc5cccc(-n6[c-][n+](-c7ccncc7-c7c([2H])c([2H])c([2H])c([2H])c7[2H])c7ccccc76)c5)cc43)n2)c([2H])c1[2H]. The molecule has 0 N–H and O–H groups in total. The van der Waals surface area contributed by atoms with E-state index < -0.39 is 36.3 Å². The van der Waals surface area contributed by atoms with Crippen molar-refractivity contribution in [3.05, 3.63) is 194 Å². The predicted molar refractivity (Wildman–Crippen MR) is 211 cm³/mol. The van der Waals surface area contributed by atoms with Gasteiger partial charge >= 0.3 is 0 Å². The van der Waals surface area contributed by atoms with Gasteiger partial charge in [-0.25, -0.2) is 4.98 Å². The third kappa shape index (κ3) is 5.41. The van der Waals surface area contributed by atoms with E-state index in [9.17, 15) is 0 Å². The molecule has 6 heteroatoms. The molecule has 10 aromatic rings. The van der Waals surface area contributed by atoms with Crippen molar-refractivity contribution < 1.29 is 23.0 Å². The Morgan fingerprint density at radius 3 is 2.23 bits per heavy atom. The van der Waals surface area contributed by atoms with Gasteiger partial charge in [0, 0.05) is 40.4 Å². The van der Waals surface area contributed by atoms with Crippen molar-refractivity contribution in [2.45, 2.75) is 0 Å². The number of rotatable bonds is 7. The number of aromatic nitrogens is 5. The minimum atomic E-state index is -0.475. The monoisotopic (exact) mass is 691 g/mol. The van der Waals surface area contributed by atoms with Gasteiger partial charge in [-0.05, 0) is 60.2 Å². The van der Waals surface area contributed by atoms with Crippen molar-refractivity contribution in [2.24, 2.45) is 0 Å². The van der Waals surface area contributed by atoms with Gasteiger partial charge in [0.1, 0.15) is 17.3 Å². The number of nitrogens with zero attached hydrogens (tertiary/aromatic N) is 5. The largest absolute Gasteiger partial charge is 0.458 e. The molecule has 0 atom stereocenters. The molecule has 53 heavy (non-hydrogen) atoms. The van der Waals surface area contributed by atoms with E-state index in [-0.39, 0.29) is 41.0 Å². The Balaban J connectivity index is 1.06. The second-order valence-electron chi connectivity index (χ2n) is 12.2. The van der Waals surface area contributed by atoms with Crippen LogP contribution >= 0.6 is 0 Å². The van der Waals surface area contributed by atoms with Crippen LogP contribution in [-0.4, -0.2) is 19.1 Å². The maximum Gasteiger partial charge on any atom is 0.269 e. The van der Waals surface area contributed by atoms with Gasteiger partial charge in [0.15, 0.2) is 0 Å². The average Bonchev–Trinajstić information content (AvgIpc) is 3.85. The Labute approximate surface area is 320 Å². The highest BCUT2D eigenvalue weighted by molar-refractivity contribution is 6.09. The number of fused-ring (bicyclic) bond motifs is 4. The van der Waals surface area contributed by atoms with Crippen LogP contribution in [0, 0.1) is 6.33 Å². The lowest BCUT2D eigenvalue weighted by molar-refractivity contribution is -0.571. The molecule has 0 fully saturated rings. The van der Waals surface area contributed by atoms with Gasteiger partial charge in [0.25, 0.3) is 6.33 Å². The summed E-state index contributed by atoms with van der Waals surface area (Å²) in [6.07, 6.45) is 6.51. The Hall–Kier alpha value is -7.31. The molecule has 0 spiro atoms. The van der Waals surface area contributed by atoms with E-state index in [0.29, 0.717) is 34.3 Å². The molecule has 4 aromatic heterocycles. The van der Waals surface area contributed by atoms with Crippen LogP contribution in [0.25, 0.3) is 72.4 Å². The fourth-order valence-electron chi connectivity index (χ4n) is 6.74. The third-order valence-corrected chi connectivity index (χ3v) is 9.05. The smallest absolute Gasteiger partial charge is 0.269 e. The van der Waals surface area contributed by atoms with Gasteiger partial charge in [0.2, 0.25) is 0 Å². The van der Waals surface area contributed by atoms with Crippen LogP contribution in [0.1, 0.15) is 13.7 Å². The van der Waals surface area contributed by atoms with Crippen molar-refractivity contribution in [3.8, 4) is 51.1 Å². The molecule has 0 radical (unpaired) electrons. The zero-order valence-electron chi connectivity index (χ0n) is 37.8. The van der Waals surface area contributed by atoms with Crippen LogP contribution in [0.15, 0.2) is 188 Å². The molecular formula is C47H31N5O. The van der Waals surface area contributed by atoms with E-state index >= 15 is 0 Å². The van der Waals surface area contributed by atoms with E-state index in [1.54, 1.807) is 29.0 Å². The molecule has 0 saturated carbocycles. The lowest BCUT2D eigenvalue weighted by Crippen LogP contribution is -2.30. The van der Waals surface area contributed by atoms with Gasteiger partial charge < -0.3 is 4.74 Å². The number of hydrogen-bond donors (Lipinski definition) is 0. The second kappa shape index (κ2) is 12.8. The summed E-state index contributed by atoms with van der Waals surface area (Å²) in [5.74, 6) is 1.54. The van der Waals surface area contributed by atoms with Crippen molar-refractivity contribution in [3.63, 3.8) is 0 Å². The minimum absolute atomic E-state index is 0.0148. The van der Waals surface area contributed by atoms with Gasteiger partial charge in [0.05, 0.1) is 52.8 Å². The molecule has 0 bridgehead atoms. The second-order valence-corrected chi connectivity index (χ2v) is 12.2. The summed E-state index contributed by atoms with van der Waals surface area (Å²) in [7, 11) is 0. The number of benzene rings is 6. The summed E-state index contributed by atoms with van der Waals surface area (Å²) < 4.78 is 95.9. The first kappa shape index (κ1) is 21.8. The van der Waals surface area contributed by atoms with Gasteiger partial charge in [-0.15, -0.1) is 0 Å².